The van der Waals surface area contributed by atoms with Gasteiger partial charge in [-0.25, -0.2) is 0 Å². The summed E-state index contributed by atoms with van der Waals surface area (Å²) in [5.74, 6) is 0.883. The van der Waals surface area contributed by atoms with E-state index in [0.717, 1.165) is 6.54 Å². The molecule has 0 aliphatic heterocycles. The highest BCUT2D eigenvalue weighted by Gasteiger charge is 2.03. The summed E-state index contributed by atoms with van der Waals surface area (Å²) in [6.45, 7) is 5.19. The molecule has 1 atom stereocenters. The number of thiocarbonyl (C=S) groups is 1. The molecule has 0 spiro atoms. The molecular weight excluding hydrogens is 298 g/mol. The smallest absolute Gasteiger partial charge is 0.262 e. The highest BCUT2D eigenvalue weighted by atomic mass is 32.1. The third kappa shape index (κ3) is 8.46. The first-order valence-electron chi connectivity index (χ1n) is 7.67. The van der Waals surface area contributed by atoms with Crippen molar-refractivity contribution in [2.75, 3.05) is 6.54 Å². The molecule has 0 unspecified atom stereocenters. The summed E-state index contributed by atoms with van der Waals surface area (Å²) < 4.78 is 5.09. The van der Waals surface area contributed by atoms with Gasteiger partial charge in [-0.1, -0.05) is 33.1 Å². The predicted molar refractivity (Wildman–Crippen MR) is 92.9 cm³/mol. The SMILES string of the molecule is CCCCC[C@@H](C)CNC(=S)NNC(=O)/C=C/c1ccco1. The van der Waals surface area contributed by atoms with Gasteiger partial charge in [-0.05, 0) is 42.8 Å². The Hall–Kier alpha value is -1.82. The zero-order chi connectivity index (χ0) is 16.2. The summed E-state index contributed by atoms with van der Waals surface area (Å²) in [5, 5.41) is 3.52. The molecule has 6 heteroatoms. The lowest BCUT2D eigenvalue weighted by Gasteiger charge is -2.15. The monoisotopic (exact) mass is 323 g/mol. The molecule has 0 radical (unpaired) electrons. The van der Waals surface area contributed by atoms with Crippen LogP contribution in [0.15, 0.2) is 28.9 Å². The average molecular weight is 323 g/mol. The van der Waals surface area contributed by atoms with Crippen LogP contribution in [0.2, 0.25) is 0 Å². The Morgan fingerprint density at radius 3 is 2.91 bits per heavy atom. The molecule has 0 aromatic carbocycles. The second-order valence-electron chi connectivity index (χ2n) is 5.27. The number of furan rings is 1. The normalized spacial score (nSPS) is 12.1. The van der Waals surface area contributed by atoms with Crippen LogP contribution >= 0.6 is 12.2 Å². The van der Waals surface area contributed by atoms with Crippen LogP contribution in [0, 0.1) is 5.92 Å². The van der Waals surface area contributed by atoms with Gasteiger partial charge in [0.2, 0.25) is 0 Å². The molecule has 1 aromatic heterocycles. The minimum Gasteiger partial charge on any atom is -0.465 e. The molecule has 0 aliphatic rings. The van der Waals surface area contributed by atoms with E-state index in [1.54, 1.807) is 24.5 Å². The van der Waals surface area contributed by atoms with E-state index in [2.05, 4.69) is 30.0 Å². The van der Waals surface area contributed by atoms with E-state index in [0.29, 0.717) is 16.8 Å². The molecule has 1 amide bonds. The van der Waals surface area contributed by atoms with Crippen LogP contribution in [0.25, 0.3) is 6.08 Å². The third-order valence-corrected chi connectivity index (χ3v) is 3.40. The standard InChI is InChI=1S/C16H25N3O2S/c1-3-4-5-7-13(2)12-17-16(22)19-18-15(20)10-9-14-8-6-11-21-14/h6,8-11,13H,3-5,7,12H2,1-2H3,(H,18,20)(H2,17,19,22)/b10-9+/t13-/m1/s1. The van der Waals surface area contributed by atoms with E-state index in [-0.39, 0.29) is 5.91 Å². The molecule has 3 N–H and O–H groups in total. The minimum absolute atomic E-state index is 0.295. The van der Waals surface area contributed by atoms with Crippen LogP contribution in [-0.2, 0) is 4.79 Å². The van der Waals surface area contributed by atoms with Crippen molar-refractivity contribution < 1.29 is 9.21 Å². The van der Waals surface area contributed by atoms with Crippen molar-refractivity contribution in [2.45, 2.75) is 39.5 Å². The van der Waals surface area contributed by atoms with Gasteiger partial charge in [-0.3, -0.25) is 15.6 Å². The van der Waals surface area contributed by atoms with E-state index in [1.807, 2.05) is 0 Å². The molecule has 0 saturated carbocycles. The molecule has 0 fully saturated rings. The van der Waals surface area contributed by atoms with Gasteiger partial charge >= 0.3 is 0 Å². The largest absolute Gasteiger partial charge is 0.465 e. The lowest BCUT2D eigenvalue weighted by molar-refractivity contribution is -0.116. The second-order valence-corrected chi connectivity index (χ2v) is 5.68. The number of hydrogen-bond donors (Lipinski definition) is 3. The van der Waals surface area contributed by atoms with Crippen molar-refractivity contribution in [3.05, 3.63) is 30.2 Å². The van der Waals surface area contributed by atoms with Crippen molar-refractivity contribution in [3.63, 3.8) is 0 Å². The first kappa shape index (κ1) is 18.2. The van der Waals surface area contributed by atoms with Gasteiger partial charge in [-0.15, -0.1) is 0 Å². The Morgan fingerprint density at radius 1 is 1.41 bits per heavy atom. The number of carbonyl (C=O) groups is 1. The summed E-state index contributed by atoms with van der Waals surface area (Å²) in [7, 11) is 0. The number of nitrogens with one attached hydrogen (secondary N) is 3. The topological polar surface area (TPSA) is 66.3 Å². The van der Waals surface area contributed by atoms with E-state index in [4.69, 9.17) is 16.6 Å². The van der Waals surface area contributed by atoms with Gasteiger partial charge in [0.25, 0.3) is 5.91 Å². The number of carbonyl (C=O) groups excluding carboxylic acids is 1. The van der Waals surface area contributed by atoms with E-state index in [1.165, 1.54) is 31.8 Å². The quantitative estimate of drug-likeness (QED) is 0.297. The van der Waals surface area contributed by atoms with Crippen molar-refractivity contribution >= 4 is 29.3 Å². The number of hydrogen-bond acceptors (Lipinski definition) is 3. The highest BCUT2D eigenvalue weighted by molar-refractivity contribution is 7.80. The summed E-state index contributed by atoms with van der Waals surface area (Å²) >= 11 is 5.11. The first-order chi connectivity index (χ1) is 10.6. The molecule has 22 heavy (non-hydrogen) atoms. The number of amides is 1. The van der Waals surface area contributed by atoms with E-state index < -0.39 is 0 Å². The first-order valence-corrected chi connectivity index (χ1v) is 8.08. The highest BCUT2D eigenvalue weighted by Crippen LogP contribution is 2.07. The Balaban J connectivity index is 2.13. The van der Waals surface area contributed by atoms with Crippen LogP contribution in [0.4, 0.5) is 0 Å². The van der Waals surface area contributed by atoms with Crippen molar-refractivity contribution in [2.24, 2.45) is 5.92 Å². The molecule has 1 rings (SSSR count). The molecular formula is C16H25N3O2S. The van der Waals surface area contributed by atoms with Gasteiger partial charge in [0.05, 0.1) is 6.26 Å². The minimum atomic E-state index is -0.295. The third-order valence-electron chi connectivity index (χ3n) is 3.15. The van der Waals surface area contributed by atoms with Gasteiger partial charge in [0, 0.05) is 12.6 Å². The predicted octanol–water partition coefficient (Wildman–Crippen LogP) is 3.00. The summed E-state index contributed by atoms with van der Waals surface area (Å²) in [6, 6.07) is 3.53. The summed E-state index contributed by atoms with van der Waals surface area (Å²) in [4.78, 5) is 11.6. The number of unbranched alkanes of at least 4 members (excludes halogenated alkanes) is 2. The molecule has 0 saturated heterocycles. The maximum Gasteiger partial charge on any atom is 0.262 e. The molecule has 1 aromatic rings. The molecule has 5 nitrogen and oxygen atoms in total. The van der Waals surface area contributed by atoms with Gasteiger partial charge in [-0.2, -0.15) is 0 Å². The average Bonchev–Trinajstić information content (AvgIpc) is 3.02. The van der Waals surface area contributed by atoms with Gasteiger partial charge in [0.1, 0.15) is 5.76 Å². The van der Waals surface area contributed by atoms with E-state index >= 15 is 0 Å². The lowest BCUT2D eigenvalue weighted by Crippen LogP contribution is -2.47. The van der Waals surface area contributed by atoms with E-state index in [9.17, 15) is 4.79 Å². The van der Waals surface area contributed by atoms with Crippen molar-refractivity contribution in [3.8, 4) is 0 Å². The van der Waals surface area contributed by atoms with Crippen molar-refractivity contribution in [1.82, 2.24) is 16.2 Å². The Morgan fingerprint density at radius 2 is 2.23 bits per heavy atom. The van der Waals surface area contributed by atoms with Gasteiger partial charge < -0.3 is 9.73 Å². The fourth-order valence-corrected chi connectivity index (χ4v) is 1.99. The molecule has 1 heterocycles. The number of hydrazine groups is 1. The summed E-state index contributed by atoms with van der Waals surface area (Å²) in [5.41, 5.74) is 5.17. The van der Waals surface area contributed by atoms with Crippen LogP contribution in [0.5, 0.6) is 0 Å². The molecule has 0 aliphatic carbocycles. The van der Waals surface area contributed by atoms with Crippen LogP contribution in [0.1, 0.15) is 45.3 Å². The Bertz CT molecular complexity index is 472. The van der Waals surface area contributed by atoms with Crippen LogP contribution in [0.3, 0.4) is 0 Å². The molecule has 0 bridgehead atoms. The lowest BCUT2D eigenvalue weighted by atomic mass is 10.0. The Kier molecular flexibility index (Phi) is 8.98. The fraction of sp³-hybridized carbons (Fsp3) is 0.500. The molecule has 122 valence electrons. The maximum absolute atomic E-state index is 11.6. The zero-order valence-electron chi connectivity index (χ0n) is 13.2. The second kappa shape index (κ2) is 10.8. The zero-order valence-corrected chi connectivity index (χ0v) is 14.0. The Labute approximate surface area is 137 Å². The number of rotatable bonds is 8. The summed E-state index contributed by atoms with van der Waals surface area (Å²) in [6.07, 6.45) is 9.44. The maximum atomic E-state index is 11.6. The fourth-order valence-electron chi connectivity index (χ4n) is 1.86. The van der Waals surface area contributed by atoms with Crippen LogP contribution in [-0.4, -0.2) is 17.6 Å². The van der Waals surface area contributed by atoms with Gasteiger partial charge in [0.15, 0.2) is 5.11 Å². The van der Waals surface area contributed by atoms with Crippen LogP contribution < -0.4 is 16.2 Å². The van der Waals surface area contributed by atoms with Crippen molar-refractivity contribution in [1.29, 1.82) is 0 Å².